The number of hydrogen-bond donors (Lipinski definition) is 2. The fourth-order valence-electron chi connectivity index (χ4n) is 4.36. The van der Waals surface area contributed by atoms with Crippen molar-refractivity contribution < 1.29 is 4.74 Å². The summed E-state index contributed by atoms with van der Waals surface area (Å²) in [6.07, 6.45) is 7.81. The Morgan fingerprint density at radius 1 is 1.12 bits per heavy atom. The highest BCUT2D eigenvalue weighted by Gasteiger charge is 2.28. The van der Waals surface area contributed by atoms with Crippen LogP contribution in [-0.2, 0) is 0 Å². The van der Waals surface area contributed by atoms with E-state index in [1.807, 2.05) is 30.5 Å². The first-order valence-electron chi connectivity index (χ1n) is 11.3. The van der Waals surface area contributed by atoms with E-state index in [1.165, 1.54) is 0 Å². The van der Waals surface area contributed by atoms with Gasteiger partial charge in [-0.25, -0.2) is 9.97 Å². The third-order valence-corrected chi connectivity index (χ3v) is 6.28. The van der Waals surface area contributed by atoms with E-state index in [1.54, 1.807) is 13.3 Å². The summed E-state index contributed by atoms with van der Waals surface area (Å²) in [5, 5.41) is 15.2. The van der Waals surface area contributed by atoms with E-state index in [0.717, 1.165) is 54.0 Å². The van der Waals surface area contributed by atoms with E-state index in [9.17, 15) is 0 Å². The molecule has 0 bridgehead atoms. The number of likely N-dealkylation sites (tertiary alicyclic amines) is 1. The van der Waals surface area contributed by atoms with Gasteiger partial charge in [-0.2, -0.15) is 10.2 Å². The number of aromatic nitrogens is 6. The Bertz CT molecular complexity index is 1250. The van der Waals surface area contributed by atoms with Crippen LogP contribution in [0.5, 0.6) is 5.75 Å². The molecule has 9 heteroatoms. The first kappa shape index (κ1) is 21.4. The van der Waals surface area contributed by atoms with Crippen molar-refractivity contribution in [2.45, 2.75) is 45.2 Å². The monoisotopic (exact) mass is 446 g/mol. The SMILES string of the molecule is COc1cccc(-c2nc(Nc3cnn(C4CCN(C(C)(C)C)CC4)c3)c3[nH]ncc3n2)c1. The van der Waals surface area contributed by atoms with Crippen LogP contribution in [0, 0.1) is 0 Å². The molecule has 4 aromatic rings. The Morgan fingerprint density at radius 3 is 2.70 bits per heavy atom. The zero-order valence-electron chi connectivity index (χ0n) is 19.5. The number of rotatable bonds is 5. The minimum absolute atomic E-state index is 0.213. The molecule has 0 aliphatic carbocycles. The van der Waals surface area contributed by atoms with Crippen LogP contribution in [-0.4, -0.2) is 60.6 Å². The summed E-state index contributed by atoms with van der Waals surface area (Å²) >= 11 is 0. The van der Waals surface area contributed by atoms with E-state index in [-0.39, 0.29) is 5.54 Å². The van der Waals surface area contributed by atoms with Crippen molar-refractivity contribution in [1.82, 2.24) is 34.8 Å². The average Bonchev–Trinajstić information content (AvgIpc) is 3.48. The molecule has 9 nitrogen and oxygen atoms in total. The Labute approximate surface area is 193 Å². The molecule has 0 spiro atoms. The molecular formula is C24H30N8O. The third kappa shape index (κ3) is 4.41. The van der Waals surface area contributed by atoms with Crippen molar-refractivity contribution in [3.05, 3.63) is 42.9 Å². The van der Waals surface area contributed by atoms with E-state index < -0.39 is 0 Å². The number of fused-ring (bicyclic) bond motifs is 1. The molecule has 1 saturated heterocycles. The number of methoxy groups -OCH3 is 1. The minimum atomic E-state index is 0.213. The van der Waals surface area contributed by atoms with E-state index in [4.69, 9.17) is 9.72 Å². The number of hydrogen-bond acceptors (Lipinski definition) is 7. The molecule has 1 fully saturated rings. The van der Waals surface area contributed by atoms with Gasteiger partial charge in [0.2, 0.25) is 0 Å². The first-order chi connectivity index (χ1) is 15.9. The van der Waals surface area contributed by atoms with Gasteiger partial charge in [0, 0.05) is 30.4 Å². The molecule has 0 atom stereocenters. The molecule has 4 heterocycles. The number of ether oxygens (including phenoxy) is 1. The molecule has 1 aliphatic heterocycles. The maximum Gasteiger partial charge on any atom is 0.162 e. The molecule has 0 radical (unpaired) electrons. The smallest absolute Gasteiger partial charge is 0.162 e. The number of benzene rings is 1. The molecule has 0 saturated carbocycles. The maximum atomic E-state index is 5.36. The van der Waals surface area contributed by atoms with Gasteiger partial charge in [-0.15, -0.1) is 0 Å². The summed E-state index contributed by atoms with van der Waals surface area (Å²) in [5.41, 5.74) is 3.48. The zero-order chi connectivity index (χ0) is 23.0. The van der Waals surface area contributed by atoms with Crippen LogP contribution >= 0.6 is 0 Å². The number of H-pyrrole nitrogens is 1. The predicted molar refractivity (Wildman–Crippen MR) is 129 cm³/mol. The lowest BCUT2D eigenvalue weighted by Gasteiger charge is -2.40. The van der Waals surface area contributed by atoms with Crippen LogP contribution < -0.4 is 10.1 Å². The predicted octanol–water partition coefficient (Wildman–Crippen LogP) is 4.40. The fourth-order valence-corrected chi connectivity index (χ4v) is 4.36. The van der Waals surface area contributed by atoms with Crippen LogP contribution in [0.15, 0.2) is 42.9 Å². The first-order valence-corrected chi connectivity index (χ1v) is 11.3. The van der Waals surface area contributed by atoms with Crippen molar-refractivity contribution in [3.8, 4) is 17.1 Å². The van der Waals surface area contributed by atoms with Gasteiger partial charge in [0.25, 0.3) is 0 Å². The summed E-state index contributed by atoms with van der Waals surface area (Å²) in [5.74, 6) is 2.03. The van der Waals surface area contributed by atoms with Crippen LogP contribution in [0.2, 0.25) is 0 Å². The lowest BCUT2D eigenvalue weighted by Crippen LogP contribution is -2.46. The standard InChI is InChI=1S/C24H30N8O/c1-24(2,3)31-10-8-18(9-11-31)32-15-17(13-26-32)27-23-21-20(14-25-30-21)28-22(29-23)16-6-5-7-19(12-16)33-4/h5-7,12-15,18H,8-11H2,1-4H3,(H,25,30)(H,27,28,29). The molecule has 5 rings (SSSR count). The average molecular weight is 447 g/mol. The van der Waals surface area contributed by atoms with Crippen molar-refractivity contribution >= 4 is 22.5 Å². The van der Waals surface area contributed by atoms with E-state index >= 15 is 0 Å². The number of piperidine rings is 1. The second-order valence-corrected chi connectivity index (χ2v) is 9.48. The highest BCUT2D eigenvalue weighted by Crippen LogP contribution is 2.30. The molecule has 172 valence electrons. The Morgan fingerprint density at radius 2 is 1.94 bits per heavy atom. The lowest BCUT2D eigenvalue weighted by molar-refractivity contribution is 0.0870. The Kier molecular flexibility index (Phi) is 5.49. The lowest BCUT2D eigenvalue weighted by atomic mass is 9.98. The molecule has 2 N–H and O–H groups in total. The number of nitrogens with one attached hydrogen (secondary N) is 2. The normalized spacial score (nSPS) is 15.8. The van der Waals surface area contributed by atoms with Gasteiger partial charge in [0.1, 0.15) is 16.8 Å². The summed E-state index contributed by atoms with van der Waals surface area (Å²) in [7, 11) is 1.65. The summed E-state index contributed by atoms with van der Waals surface area (Å²) < 4.78 is 7.44. The largest absolute Gasteiger partial charge is 0.497 e. The molecule has 1 aliphatic rings. The molecular weight excluding hydrogens is 416 g/mol. The highest BCUT2D eigenvalue weighted by atomic mass is 16.5. The van der Waals surface area contributed by atoms with Gasteiger partial charge >= 0.3 is 0 Å². The highest BCUT2D eigenvalue weighted by molar-refractivity contribution is 5.88. The van der Waals surface area contributed by atoms with Crippen LogP contribution in [0.4, 0.5) is 11.5 Å². The zero-order valence-corrected chi connectivity index (χ0v) is 19.5. The topological polar surface area (TPSA) is 96.8 Å². The quantitative estimate of drug-likeness (QED) is 0.469. The molecule has 33 heavy (non-hydrogen) atoms. The summed E-state index contributed by atoms with van der Waals surface area (Å²) in [6, 6.07) is 8.13. The van der Waals surface area contributed by atoms with Crippen molar-refractivity contribution in [2.24, 2.45) is 0 Å². The van der Waals surface area contributed by atoms with Crippen LogP contribution in [0.25, 0.3) is 22.4 Å². The summed E-state index contributed by atoms with van der Waals surface area (Å²) in [4.78, 5) is 12.0. The Hall–Kier alpha value is -3.46. The summed E-state index contributed by atoms with van der Waals surface area (Å²) in [6.45, 7) is 9.01. The number of nitrogens with zero attached hydrogens (tertiary/aromatic N) is 6. The minimum Gasteiger partial charge on any atom is -0.497 e. The second-order valence-electron chi connectivity index (χ2n) is 9.48. The van der Waals surface area contributed by atoms with Crippen molar-refractivity contribution in [1.29, 1.82) is 0 Å². The second kappa shape index (κ2) is 8.47. The molecule has 0 amide bonds. The van der Waals surface area contributed by atoms with Crippen molar-refractivity contribution in [3.63, 3.8) is 0 Å². The Balaban J connectivity index is 1.38. The van der Waals surface area contributed by atoms with Gasteiger partial charge in [0.05, 0.1) is 31.2 Å². The molecule has 1 aromatic carbocycles. The van der Waals surface area contributed by atoms with Crippen LogP contribution in [0.3, 0.4) is 0 Å². The van der Waals surface area contributed by atoms with E-state index in [2.05, 4.69) is 62.1 Å². The fraction of sp³-hybridized carbons (Fsp3) is 0.417. The van der Waals surface area contributed by atoms with Crippen molar-refractivity contribution in [2.75, 3.05) is 25.5 Å². The molecule has 0 unspecified atom stereocenters. The van der Waals surface area contributed by atoms with Gasteiger partial charge in [-0.05, 0) is 45.7 Å². The van der Waals surface area contributed by atoms with Crippen LogP contribution in [0.1, 0.15) is 39.7 Å². The van der Waals surface area contributed by atoms with Gasteiger partial charge in [-0.1, -0.05) is 12.1 Å². The van der Waals surface area contributed by atoms with E-state index in [0.29, 0.717) is 17.7 Å². The van der Waals surface area contributed by atoms with Gasteiger partial charge < -0.3 is 10.1 Å². The maximum absolute atomic E-state index is 5.36. The number of aromatic amines is 1. The van der Waals surface area contributed by atoms with Gasteiger partial charge in [-0.3, -0.25) is 14.7 Å². The third-order valence-electron chi connectivity index (χ3n) is 6.28. The number of anilines is 2. The molecule has 3 aromatic heterocycles. The van der Waals surface area contributed by atoms with Gasteiger partial charge in [0.15, 0.2) is 11.6 Å².